The van der Waals surface area contributed by atoms with E-state index in [-0.39, 0.29) is 50.7 Å². The largest absolute Gasteiger partial charge is 0.481 e. The Balaban J connectivity index is 5.56. The van der Waals surface area contributed by atoms with Gasteiger partial charge in [-0.25, -0.2) is 4.79 Å². The molecule has 4 atom stereocenters. The van der Waals surface area contributed by atoms with Crippen LogP contribution in [0.4, 0.5) is 0 Å². The highest BCUT2D eigenvalue weighted by molar-refractivity contribution is 5.95. The maximum Gasteiger partial charge on any atom is 0.326 e. The smallest absolute Gasteiger partial charge is 0.326 e. The summed E-state index contributed by atoms with van der Waals surface area (Å²) in [7, 11) is 0. The average molecular weight is 517 g/mol. The maximum atomic E-state index is 12.9. The molecule has 0 aromatic carbocycles. The molecule has 0 aromatic rings. The molecule has 204 valence electrons. The standard InChI is InChI=1S/C19H36N10O7/c1-9(20)14(32)29-12(8-13(30)31)16(34)27-10(4-2-6-25-18(21)22)15(33)28-11(17(35)36)5-3-7-26-19(23)24/h9-12H,2-8,20H2,1H3,(H,27,34)(H,28,33)(H,29,32)(H,30,31)(H,35,36)(H4,21,22,25)(H4,23,24,26). The van der Waals surface area contributed by atoms with Crippen LogP contribution in [0.5, 0.6) is 0 Å². The molecule has 4 unspecified atom stereocenters. The fourth-order valence-corrected chi connectivity index (χ4v) is 2.77. The summed E-state index contributed by atoms with van der Waals surface area (Å²) in [6, 6.07) is -5.18. The van der Waals surface area contributed by atoms with Crippen LogP contribution in [0.1, 0.15) is 39.0 Å². The van der Waals surface area contributed by atoms with E-state index >= 15 is 0 Å². The summed E-state index contributed by atoms with van der Waals surface area (Å²) >= 11 is 0. The highest BCUT2D eigenvalue weighted by Crippen LogP contribution is 2.05. The minimum absolute atomic E-state index is 0.0153. The second-order valence-electron chi connectivity index (χ2n) is 7.81. The fraction of sp³-hybridized carbons (Fsp3) is 0.632. The lowest BCUT2D eigenvalue weighted by Crippen LogP contribution is -2.57. The Labute approximate surface area is 207 Å². The molecule has 0 saturated carbocycles. The molecule has 0 rings (SSSR count). The fourth-order valence-electron chi connectivity index (χ4n) is 2.77. The number of aliphatic carboxylic acids is 2. The van der Waals surface area contributed by atoms with Gasteiger partial charge in [0.15, 0.2) is 11.9 Å². The van der Waals surface area contributed by atoms with Gasteiger partial charge in [0.25, 0.3) is 0 Å². The van der Waals surface area contributed by atoms with Crippen LogP contribution in [-0.2, 0) is 24.0 Å². The molecule has 0 bridgehead atoms. The molecule has 3 amide bonds. The van der Waals surface area contributed by atoms with Gasteiger partial charge in [0.2, 0.25) is 17.7 Å². The minimum atomic E-state index is -1.54. The first-order valence-electron chi connectivity index (χ1n) is 11.0. The number of carbonyl (C=O) groups excluding carboxylic acids is 3. The second-order valence-corrected chi connectivity index (χ2v) is 7.81. The Hall–Kier alpha value is -4.15. The highest BCUT2D eigenvalue weighted by Gasteiger charge is 2.30. The van der Waals surface area contributed by atoms with Gasteiger partial charge in [0.05, 0.1) is 12.5 Å². The van der Waals surface area contributed by atoms with Crippen LogP contribution in [0.25, 0.3) is 0 Å². The second kappa shape index (κ2) is 16.5. The Bertz CT molecular complexity index is 838. The molecule has 17 heteroatoms. The number of carboxylic acids is 2. The molecule has 0 heterocycles. The molecule has 0 spiro atoms. The first-order valence-corrected chi connectivity index (χ1v) is 11.0. The SMILES string of the molecule is CC(N)C(=O)NC(CC(=O)O)C(=O)NC(CCCN=C(N)N)C(=O)NC(CCCN=C(N)N)C(=O)O. The van der Waals surface area contributed by atoms with Crippen molar-refractivity contribution in [3.63, 3.8) is 0 Å². The van der Waals surface area contributed by atoms with Gasteiger partial charge < -0.3 is 54.8 Å². The van der Waals surface area contributed by atoms with Gasteiger partial charge in [0, 0.05) is 13.1 Å². The molecule has 0 aliphatic carbocycles. The zero-order chi connectivity index (χ0) is 27.8. The van der Waals surface area contributed by atoms with Crippen molar-refractivity contribution in [3.8, 4) is 0 Å². The Morgan fingerprint density at radius 2 is 1.14 bits per heavy atom. The van der Waals surface area contributed by atoms with Crippen LogP contribution in [0, 0.1) is 0 Å². The zero-order valence-electron chi connectivity index (χ0n) is 20.0. The first kappa shape index (κ1) is 31.8. The molecule has 17 nitrogen and oxygen atoms in total. The van der Waals surface area contributed by atoms with Crippen LogP contribution >= 0.6 is 0 Å². The number of carbonyl (C=O) groups is 5. The molecule has 0 aliphatic rings. The van der Waals surface area contributed by atoms with Crippen LogP contribution in [-0.4, -0.2) is 89.0 Å². The van der Waals surface area contributed by atoms with E-state index in [1.165, 1.54) is 6.92 Å². The van der Waals surface area contributed by atoms with E-state index in [9.17, 15) is 29.1 Å². The van der Waals surface area contributed by atoms with Crippen molar-refractivity contribution in [2.24, 2.45) is 38.7 Å². The predicted molar refractivity (Wildman–Crippen MR) is 129 cm³/mol. The molecule has 15 N–H and O–H groups in total. The van der Waals surface area contributed by atoms with Crippen LogP contribution in [0.2, 0.25) is 0 Å². The monoisotopic (exact) mass is 516 g/mol. The number of rotatable bonds is 17. The third-order valence-corrected chi connectivity index (χ3v) is 4.56. The number of amides is 3. The van der Waals surface area contributed by atoms with Gasteiger partial charge in [0.1, 0.15) is 18.1 Å². The lowest BCUT2D eigenvalue weighted by Gasteiger charge is -2.24. The van der Waals surface area contributed by atoms with Gasteiger partial charge in [-0.2, -0.15) is 0 Å². The molecule has 0 aromatic heterocycles. The van der Waals surface area contributed by atoms with Gasteiger partial charge in [-0.15, -0.1) is 0 Å². The van der Waals surface area contributed by atoms with E-state index in [4.69, 9.17) is 33.8 Å². The molecule has 36 heavy (non-hydrogen) atoms. The molecule has 0 radical (unpaired) electrons. The number of hydrogen-bond acceptors (Lipinski definition) is 8. The van der Waals surface area contributed by atoms with Gasteiger partial charge in [-0.1, -0.05) is 0 Å². The quantitative estimate of drug-likeness (QED) is 0.0496. The summed E-state index contributed by atoms with van der Waals surface area (Å²) in [5, 5.41) is 25.4. The number of guanidine groups is 2. The van der Waals surface area contributed by atoms with Gasteiger partial charge in [-0.3, -0.25) is 29.2 Å². The third kappa shape index (κ3) is 14.2. The van der Waals surface area contributed by atoms with Gasteiger partial charge in [-0.05, 0) is 32.6 Å². The number of aliphatic imine (C=N–C) groups is 2. The van der Waals surface area contributed by atoms with Crippen molar-refractivity contribution in [3.05, 3.63) is 0 Å². The van der Waals surface area contributed by atoms with Crippen molar-refractivity contribution in [1.29, 1.82) is 0 Å². The normalized spacial score (nSPS) is 13.7. The van der Waals surface area contributed by atoms with E-state index in [1.807, 2.05) is 0 Å². The van der Waals surface area contributed by atoms with Crippen molar-refractivity contribution < 1.29 is 34.2 Å². The van der Waals surface area contributed by atoms with E-state index < -0.39 is 60.2 Å². The molecule has 0 saturated heterocycles. The lowest BCUT2D eigenvalue weighted by molar-refractivity contribution is -0.143. The topological polar surface area (TPSA) is 317 Å². The molecule has 0 aliphatic heterocycles. The number of carboxylic acid groups (broad SMARTS) is 2. The van der Waals surface area contributed by atoms with Crippen molar-refractivity contribution in [1.82, 2.24) is 16.0 Å². The Kier molecular flexibility index (Phi) is 14.6. The highest BCUT2D eigenvalue weighted by atomic mass is 16.4. The summed E-state index contributed by atoms with van der Waals surface area (Å²) in [4.78, 5) is 67.8. The first-order chi connectivity index (χ1) is 16.7. The molecule has 0 fully saturated rings. The number of hydrogen-bond donors (Lipinski definition) is 10. The zero-order valence-corrected chi connectivity index (χ0v) is 20.0. The maximum absolute atomic E-state index is 12.9. The molecular weight excluding hydrogens is 480 g/mol. The number of nitrogens with two attached hydrogens (primary N) is 5. The van der Waals surface area contributed by atoms with Crippen LogP contribution in [0.15, 0.2) is 9.98 Å². The number of nitrogens with one attached hydrogen (secondary N) is 3. The summed E-state index contributed by atoms with van der Waals surface area (Å²) in [5.41, 5.74) is 26.4. The van der Waals surface area contributed by atoms with E-state index in [2.05, 4.69) is 25.9 Å². The van der Waals surface area contributed by atoms with Gasteiger partial charge >= 0.3 is 11.9 Å². The van der Waals surface area contributed by atoms with Crippen LogP contribution in [0.3, 0.4) is 0 Å². The summed E-state index contributed by atoms with van der Waals surface area (Å²) < 4.78 is 0. The summed E-state index contributed by atoms with van der Waals surface area (Å²) in [5.74, 6) is -5.68. The Morgan fingerprint density at radius 3 is 1.56 bits per heavy atom. The number of nitrogens with zero attached hydrogens (tertiary/aromatic N) is 2. The van der Waals surface area contributed by atoms with Crippen molar-refractivity contribution in [2.75, 3.05) is 13.1 Å². The van der Waals surface area contributed by atoms with E-state index in [0.717, 1.165) is 0 Å². The average Bonchev–Trinajstić information content (AvgIpc) is 2.76. The summed E-state index contributed by atoms with van der Waals surface area (Å²) in [6.07, 6.45) is -0.390. The van der Waals surface area contributed by atoms with Crippen molar-refractivity contribution >= 4 is 41.6 Å². The predicted octanol–water partition coefficient (Wildman–Crippen LogP) is -4.55. The summed E-state index contributed by atoms with van der Waals surface area (Å²) in [6.45, 7) is 1.57. The van der Waals surface area contributed by atoms with E-state index in [0.29, 0.717) is 0 Å². The van der Waals surface area contributed by atoms with Crippen molar-refractivity contribution in [2.45, 2.75) is 63.2 Å². The lowest BCUT2D eigenvalue weighted by atomic mass is 10.1. The van der Waals surface area contributed by atoms with Crippen LogP contribution < -0.4 is 44.6 Å². The minimum Gasteiger partial charge on any atom is -0.481 e. The third-order valence-electron chi connectivity index (χ3n) is 4.56. The Morgan fingerprint density at radius 1 is 0.722 bits per heavy atom. The van der Waals surface area contributed by atoms with E-state index in [1.54, 1.807) is 0 Å². The molecular formula is C19H36N10O7.